The largest absolute Gasteiger partial charge is 0.350 e. The Hall–Kier alpha value is -3.92. The molecule has 2 aromatic heterocycles. The molecule has 5 N–H and O–H groups in total. The van der Waals surface area contributed by atoms with E-state index in [1.165, 1.54) is 0 Å². The molecule has 242 valence electrons. The monoisotopic (exact) mass is 638 g/mol. The van der Waals surface area contributed by atoms with E-state index in [9.17, 15) is 13.8 Å². The number of carbonyl (C=O) groups excluding carboxylic acids is 2. The number of piperidine rings is 1. The molecule has 14 nitrogen and oxygen atoms in total. The van der Waals surface area contributed by atoms with Crippen LogP contribution in [-0.4, -0.2) is 80.4 Å². The second kappa shape index (κ2) is 14.9. The van der Waals surface area contributed by atoms with E-state index in [2.05, 4.69) is 36.5 Å². The normalized spacial score (nSPS) is 18.1. The van der Waals surface area contributed by atoms with Gasteiger partial charge in [-0.25, -0.2) is 18.5 Å². The number of hydrogen-bond acceptors (Lipinski definition) is 11. The molecular formula is C30H42N10O4S. The summed E-state index contributed by atoms with van der Waals surface area (Å²) in [5.74, 6) is 5.59. The van der Waals surface area contributed by atoms with E-state index in [1.807, 2.05) is 24.3 Å². The van der Waals surface area contributed by atoms with E-state index < -0.39 is 10.9 Å². The molecule has 2 aliphatic rings. The van der Waals surface area contributed by atoms with Crippen molar-refractivity contribution in [1.82, 2.24) is 35.3 Å². The van der Waals surface area contributed by atoms with Crippen molar-refractivity contribution in [1.29, 1.82) is 0 Å². The standard InChI is InChI=1S/C30H42N10O4S/c1-19-14-21(10-12-32-19)17-33-29(42)27-24-9-8-22-18-34-30(36-23-7-4-6-20(15-23)16-25(41)39(2)3)37-26(22)28(24)40(38-27)13-5-11-35-45(43)44-31/h4,6-7,15,18-19,21,32,45H,5,8-14,16-17,31H2,1-3H3,(H,33,42)(H,34,36,37). The highest BCUT2D eigenvalue weighted by Crippen LogP contribution is 2.35. The SMILES string of the molecule is CC1CC(CNC(=O)c2nn(CCCN=[SH](=O)ON)c3c2CCc2cnc(Nc4cccc(CC(=O)N(C)C)c4)nc2-3)CCN1. The topological polar surface area (TPSA) is 182 Å². The zero-order valence-corrected chi connectivity index (χ0v) is 26.8. The van der Waals surface area contributed by atoms with Gasteiger partial charge in [-0.3, -0.25) is 14.3 Å². The summed E-state index contributed by atoms with van der Waals surface area (Å²) in [6.07, 6.45) is 5.94. The van der Waals surface area contributed by atoms with Crippen molar-refractivity contribution < 1.29 is 18.1 Å². The van der Waals surface area contributed by atoms with Crippen LogP contribution in [0.4, 0.5) is 11.6 Å². The molecule has 1 fully saturated rings. The Balaban J connectivity index is 1.41. The number of likely N-dealkylation sites (N-methyl/N-ethyl adjacent to an activating group) is 1. The first-order valence-electron chi connectivity index (χ1n) is 15.3. The average molecular weight is 639 g/mol. The fourth-order valence-corrected chi connectivity index (χ4v) is 6.20. The average Bonchev–Trinajstić information content (AvgIpc) is 3.41. The number of aryl methyl sites for hydroxylation is 2. The first-order chi connectivity index (χ1) is 21.7. The number of rotatable bonds is 12. The fraction of sp³-hybridized carbons (Fsp3) is 0.500. The third-order valence-corrected chi connectivity index (χ3v) is 8.76. The lowest BCUT2D eigenvalue weighted by Gasteiger charge is -2.28. The molecule has 0 radical (unpaired) electrons. The molecule has 45 heavy (non-hydrogen) atoms. The summed E-state index contributed by atoms with van der Waals surface area (Å²) in [4.78, 5) is 36.8. The van der Waals surface area contributed by atoms with Crippen LogP contribution in [0.1, 0.15) is 53.4 Å². The van der Waals surface area contributed by atoms with Gasteiger partial charge in [-0.1, -0.05) is 12.1 Å². The quantitative estimate of drug-likeness (QED) is 0.111. The van der Waals surface area contributed by atoms with Gasteiger partial charge in [0, 0.05) is 50.7 Å². The summed E-state index contributed by atoms with van der Waals surface area (Å²) in [6, 6.07) is 8.03. The number of nitrogens with one attached hydrogen (secondary N) is 3. The lowest BCUT2D eigenvalue weighted by molar-refractivity contribution is -0.127. The zero-order chi connectivity index (χ0) is 31.9. The summed E-state index contributed by atoms with van der Waals surface area (Å²) < 4.78 is 21.5. The second-order valence-corrected chi connectivity index (χ2v) is 12.7. The Kier molecular flexibility index (Phi) is 10.8. The van der Waals surface area contributed by atoms with Crippen molar-refractivity contribution in [3.8, 4) is 11.4 Å². The van der Waals surface area contributed by atoms with Crippen LogP contribution in [0.25, 0.3) is 11.4 Å². The van der Waals surface area contributed by atoms with E-state index in [4.69, 9.17) is 16.0 Å². The maximum absolute atomic E-state index is 13.5. The number of fused-ring (bicyclic) bond motifs is 3. The number of nitrogens with zero attached hydrogens (tertiary/aromatic N) is 6. The molecule has 15 heteroatoms. The number of aromatic nitrogens is 4. The number of nitrogens with two attached hydrogens (primary N) is 1. The van der Waals surface area contributed by atoms with Gasteiger partial charge in [0.2, 0.25) is 11.9 Å². The van der Waals surface area contributed by atoms with E-state index >= 15 is 0 Å². The molecule has 3 atom stereocenters. The molecule has 1 aliphatic carbocycles. The van der Waals surface area contributed by atoms with Gasteiger partial charge >= 0.3 is 0 Å². The number of thiol groups is 1. The van der Waals surface area contributed by atoms with Crippen LogP contribution in [0, 0.1) is 5.92 Å². The number of anilines is 2. The molecule has 0 spiro atoms. The van der Waals surface area contributed by atoms with Crippen LogP contribution >= 0.6 is 0 Å². The molecule has 0 saturated carbocycles. The Morgan fingerprint density at radius 3 is 2.91 bits per heavy atom. The van der Waals surface area contributed by atoms with Crippen LogP contribution in [-0.2, 0) is 45.8 Å². The van der Waals surface area contributed by atoms with Crippen LogP contribution < -0.4 is 21.8 Å². The molecular weight excluding hydrogens is 596 g/mol. The van der Waals surface area contributed by atoms with Crippen molar-refractivity contribution in [2.75, 3.05) is 39.0 Å². The third-order valence-electron chi connectivity index (χ3n) is 8.15. The minimum Gasteiger partial charge on any atom is -0.350 e. The van der Waals surface area contributed by atoms with Gasteiger partial charge in [-0.15, -0.1) is 0 Å². The highest BCUT2D eigenvalue weighted by Gasteiger charge is 2.30. The lowest BCUT2D eigenvalue weighted by atomic mass is 9.92. The van der Waals surface area contributed by atoms with Gasteiger partial charge in [0.25, 0.3) is 5.91 Å². The van der Waals surface area contributed by atoms with Gasteiger partial charge in [0.15, 0.2) is 16.6 Å². The molecule has 1 aromatic carbocycles. The third kappa shape index (κ3) is 8.22. The molecule has 3 heterocycles. The van der Waals surface area contributed by atoms with Crippen molar-refractivity contribution in [3.63, 3.8) is 0 Å². The van der Waals surface area contributed by atoms with Crippen LogP contribution in [0.15, 0.2) is 34.8 Å². The first kappa shape index (κ1) is 32.5. The van der Waals surface area contributed by atoms with Gasteiger partial charge in [0.05, 0.1) is 24.4 Å². The zero-order valence-electron chi connectivity index (χ0n) is 26.0. The number of benzene rings is 1. The van der Waals surface area contributed by atoms with Crippen molar-refractivity contribution in [2.24, 2.45) is 16.2 Å². The smallest absolute Gasteiger partial charge is 0.272 e. The summed E-state index contributed by atoms with van der Waals surface area (Å²) in [7, 11) is 1.20. The van der Waals surface area contributed by atoms with Gasteiger partial charge in [0.1, 0.15) is 0 Å². The molecule has 3 unspecified atom stereocenters. The van der Waals surface area contributed by atoms with E-state index in [0.717, 1.165) is 47.5 Å². The van der Waals surface area contributed by atoms with Crippen molar-refractivity contribution in [3.05, 3.63) is 52.8 Å². The van der Waals surface area contributed by atoms with Crippen LogP contribution in [0.2, 0.25) is 0 Å². The van der Waals surface area contributed by atoms with Crippen LogP contribution in [0.5, 0.6) is 0 Å². The maximum atomic E-state index is 13.5. The molecule has 1 saturated heterocycles. The second-order valence-electron chi connectivity index (χ2n) is 11.8. The predicted molar refractivity (Wildman–Crippen MR) is 172 cm³/mol. The molecule has 2 amide bonds. The molecule has 5 rings (SSSR count). The minimum atomic E-state index is -2.27. The maximum Gasteiger partial charge on any atom is 0.272 e. The Labute approximate surface area is 264 Å². The highest BCUT2D eigenvalue weighted by molar-refractivity contribution is 7.69. The number of hydrogen-bond donors (Lipinski definition) is 5. The van der Waals surface area contributed by atoms with E-state index in [0.29, 0.717) is 61.6 Å². The predicted octanol–water partition coefficient (Wildman–Crippen LogP) is 1.79. The minimum absolute atomic E-state index is 0.0124. The summed E-state index contributed by atoms with van der Waals surface area (Å²) in [5.41, 5.74) is 5.32. The first-order valence-corrected chi connectivity index (χ1v) is 16.4. The lowest BCUT2D eigenvalue weighted by Crippen LogP contribution is -2.40. The Bertz CT molecular complexity index is 1620. The van der Waals surface area contributed by atoms with Crippen molar-refractivity contribution >= 4 is 34.3 Å². The van der Waals surface area contributed by atoms with Crippen molar-refractivity contribution in [2.45, 2.75) is 58.0 Å². The number of amides is 2. The highest BCUT2D eigenvalue weighted by atomic mass is 32.2. The molecule has 1 aliphatic heterocycles. The van der Waals surface area contributed by atoms with Gasteiger partial charge < -0.3 is 20.9 Å². The molecule has 0 bridgehead atoms. The van der Waals surface area contributed by atoms with Gasteiger partial charge in [-0.05, 0) is 74.8 Å². The summed E-state index contributed by atoms with van der Waals surface area (Å²) >= 11 is 0. The summed E-state index contributed by atoms with van der Waals surface area (Å²) in [6.45, 7) is 4.39. The fourth-order valence-electron chi connectivity index (χ4n) is 5.83. The van der Waals surface area contributed by atoms with Crippen LogP contribution in [0.3, 0.4) is 0 Å². The van der Waals surface area contributed by atoms with Gasteiger partial charge in [-0.2, -0.15) is 15.3 Å². The number of carbonyl (C=O) groups is 2. The Morgan fingerprint density at radius 2 is 2.13 bits per heavy atom. The Morgan fingerprint density at radius 1 is 1.29 bits per heavy atom. The van der Waals surface area contributed by atoms with E-state index in [1.54, 1.807) is 29.9 Å². The van der Waals surface area contributed by atoms with E-state index in [-0.39, 0.29) is 24.8 Å². The molecule has 3 aromatic rings. The summed E-state index contributed by atoms with van der Waals surface area (Å²) in [5, 5.41) is 14.6.